The third kappa shape index (κ3) is 6.82. The topological polar surface area (TPSA) is 54.9 Å². The molecule has 0 spiro atoms. The summed E-state index contributed by atoms with van der Waals surface area (Å²) in [7, 11) is 4.07. The zero-order chi connectivity index (χ0) is 22.4. The average molecular weight is 478 g/mol. The molecule has 0 atom stereocenters. The van der Waals surface area contributed by atoms with E-state index in [1.807, 2.05) is 45.3 Å². The average Bonchev–Trinajstić information content (AvgIpc) is 3.14. The number of benzene rings is 2. The molecule has 0 aliphatic rings. The number of rotatable bonds is 10. The van der Waals surface area contributed by atoms with Gasteiger partial charge in [0.05, 0.1) is 16.8 Å². The number of amides is 1. The van der Waals surface area contributed by atoms with Gasteiger partial charge in [-0.1, -0.05) is 17.4 Å². The standard InChI is InChI=1S/C24H31N3O3S.ClH/c1-6-29-19-8-10-20(11-9-19)30-16-22(28)27(13-7-12-26(4)5)24-25-21-15-17(2)14-18(3)23(21)31-24;/h8-11,14-15H,6-7,12-13,16H2,1-5H3;1H. The van der Waals surface area contributed by atoms with E-state index in [2.05, 4.69) is 30.9 Å². The molecule has 3 rings (SSSR count). The number of thiazole rings is 1. The van der Waals surface area contributed by atoms with Crippen LogP contribution in [0.3, 0.4) is 0 Å². The Morgan fingerprint density at radius 3 is 2.31 bits per heavy atom. The molecule has 0 saturated carbocycles. The van der Waals surface area contributed by atoms with Crippen LogP contribution < -0.4 is 14.4 Å². The van der Waals surface area contributed by atoms with Gasteiger partial charge in [-0.2, -0.15) is 0 Å². The van der Waals surface area contributed by atoms with Crippen molar-refractivity contribution in [3.8, 4) is 11.5 Å². The molecule has 0 aliphatic heterocycles. The molecule has 0 unspecified atom stereocenters. The first-order valence-corrected chi connectivity index (χ1v) is 11.4. The van der Waals surface area contributed by atoms with Crippen LogP contribution >= 0.6 is 23.7 Å². The van der Waals surface area contributed by atoms with Crippen LogP contribution in [0.25, 0.3) is 10.2 Å². The summed E-state index contributed by atoms with van der Waals surface area (Å²) in [6.45, 7) is 8.17. The van der Waals surface area contributed by atoms with E-state index in [4.69, 9.17) is 14.5 Å². The quantitative estimate of drug-likeness (QED) is 0.406. The lowest BCUT2D eigenvalue weighted by molar-refractivity contribution is -0.120. The maximum absolute atomic E-state index is 13.1. The predicted molar refractivity (Wildman–Crippen MR) is 135 cm³/mol. The zero-order valence-electron chi connectivity index (χ0n) is 19.4. The molecule has 32 heavy (non-hydrogen) atoms. The van der Waals surface area contributed by atoms with E-state index in [1.165, 1.54) is 11.1 Å². The molecule has 2 aromatic carbocycles. The monoisotopic (exact) mass is 477 g/mol. The normalized spacial score (nSPS) is 10.8. The zero-order valence-corrected chi connectivity index (χ0v) is 21.0. The molecule has 8 heteroatoms. The van der Waals surface area contributed by atoms with Gasteiger partial charge in [-0.15, -0.1) is 12.4 Å². The van der Waals surface area contributed by atoms with Crippen LogP contribution in [0.4, 0.5) is 5.13 Å². The summed E-state index contributed by atoms with van der Waals surface area (Å²) in [5.74, 6) is 1.33. The molecule has 0 bridgehead atoms. The van der Waals surface area contributed by atoms with Crippen molar-refractivity contribution in [3.63, 3.8) is 0 Å². The number of aromatic nitrogens is 1. The van der Waals surface area contributed by atoms with Crippen LogP contribution in [0.2, 0.25) is 0 Å². The van der Waals surface area contributed by atoms with Gasteiger partial charge in [0.1, 0.15) is 11.5 Å². The maximum Gasteiger partial charge on any atom is 0.266 e. The largest absolute Gasteiger partial charge is 0.494 e. The minimum atomic E-state index is -0.0962. The van der Waals surface area contributed by atoms with Crippen molar-refractivity contribution in [2.45, 2.75) is 27.2 Å². The third-order valence-corrected chi connectivity index (χ3v) is 6.05. The van der Waals surface area contributed by atoms with E-state index in [9.17, 15) is 4.79 Å². The van der Waals surface area contributed by atoms with Crippen molar-refractivity contribution < 1.29 is 14.3 Å². The summed E-state index contributed by atoms with van der Waals surface area (Å²) < 4.78 is 12.3. The van der Waals surface area contributed by atoms with Crippen molar-refractivity contribution in [2.75, 3.05) is 45.3 Å². The second-order valence-corrected chi connectivity index (χ2v) is 8.80. The summed E-state index contributed by atoms with van der Waals surface area (Å²) in [6.07, 6.45) is 0.857. The molecule has 0 N–H and O–H groups in total. The number of aryl methyl sites for hydroxylation is 2. The Hall–Kier alpha value is -2.35. The number of anilines is 1. The van der Waals surface area contributed by atoms with E-state index < -0.39 is 0 Å². The van der Waals surface area contributed by atoms with Crippen molar-refractivity contribution in [2.24, 2.45) is 0 Å². The van der Waals surface area contributed by atoms with Crippen molar-refractivity contribution in [1.29, 1.82) is 0 Å². The molecule has 1 heterocycles. The van der Waals surface area contributed by atoms with Gasteiger partial charge in [0.15, 0.2) is 11.7 Å². The van der Waals surface area contributed by atoms with Crippen molar-refractivity contribution in [1.82, 2.24) is 9.88 Å². The minimum Gasteiger partial charge on any atom is -0.494 e. The Balaban J connectivity index is 0.00000363. The van der Waals surface area contributed by atoms with Gasteiger partial charge < -0.3 is 14.4 Å². The highest BCUT2D eigenvalue weighted by Gasteiger charge is 2.21. The molecule has 0 saturated heterocycles. The molecular formula is C24H32ClN3O3S. The number of ether oxygens (including phenoxy) is 2. The first-order valence-electron chi connectivity index (χ1n) is 10.6. The van der Waals surface area contributed by atoms with Crippen LogP contribution in [0, 0.1) is 13.8 Å². The lowest BCUT2D eigenvalue weighted by atomic mass is 10.1. The maximum atomic E-state index is 13.1. The molecule has 174 valence electrons. The van der Waals surface area contributed by atoms with Crippen molar-refractivity contribution in [3.05, 3.63) is 47.5 Å². The second-order valence-electron chi connectivity index (χ2n) is 7.82. The van der Waals surface area contributed by atoms with E-state index in [0.717, 1.165) is 34.1 Å². The first-order chi connectivity index (χ1) is 14.9. The predicted octanol–water partition coefficient (Wildman–Crippen LogP) is 5.10. The fourth-order valence-corrected chi connectivity index (χ4v) is 4.43. The molecule has 1 aromatic heterocycles. The van der Waals surface area contributed by atoms with Gasteiger partial charge in [0, 0.05) is 6.54 Å². The number of hydrogen-bond acceptors (Lipinski definition) is 6. The molecule has 0 fully saturated rings. The van der Waals surface area contributed by atoms with Gasteiger partial charge in [-0.25, -0.2) is 4.98 Å². The fourth-order valence-electron chi connectivity index (χ4n) is 3.37. The second kappa shape index (κ2) is 12.0. The third-order valence-electron chi connectivity index (χ3n) is 4.82. The van der Waals surface area contributed by atoms with E-state index in [-0.39, 0.29) is 24.9 Å². The summed E-state index contributed by atoms with van der Waals surface area (Å²) in [6, 6.07) is 11.5. The number of hydrogen-bond donors (Lipinski definition) is 0. The lowest BCUT2D eigenvalue weighted by Crippen LogP contribution is -2.36. The number of carbonyl (C=O) groups is 1. The summed E-state index contributed by atoms with van der Waals surface area (Å²) in [4.78, 5) is 21.8. The van der Waals surface area contributed by atoms with E-state index in [0.29, 0.717) is 18.9 Å². The first kappa shape index (κ1) is 25.9. The highest BCUT2D eigenvalue weighted by molar-refractivity contribution is 7.22. The Morgan fingerprint density at radius 2 is 1.69 bits per heavy atom. The van der Waals surface area contributed by atoms with Crippen LogP contribution in [-0.2, 0) is 4.79 Å². The van der Waals surface area contributed by atoms with Crippen LogP contribution in [0.1, 0.15) is 24.5 Å². The Morgan fingerprint density at radius 1 is 1.03 bits per heavy atom. The molecule has 0 radical (unpaired) electrons. The Bertz CT molecular complexity index is 1020. The van der Waals surface area contributed by atoms with E-state index >= 15 is 0 Å². The SMILES string of the molecule is CCOc1ccc(OCC(=O)N(CCCN(C)C)c2nc3cc(C)cc(C)c3s2)cc1.Cl. The highest BCUT2D eigenvalue weighted by Crippen LogP contribution is 2.32. The molecule has 0 aliphatic carbocycles. The molecular weight excluding hydrogens is 446 g/mol. The van der Waals surface area contributed by atoms with Gasteiger partial charge in [-0.05, 0) is 89.3 Å². The van der Waals surface area contributed by atoms with Gasteiger partial charge in [0.2, 0.25) is 0 Å². The minimum absolute atomic E-state index is 0. The van der Waals surface area contributed by atoms with Crippen LogP contribution in [-0.4, -0.2) is 56.2 Å². The Labute approximate surface area is 200 Å². The van der Waals surface area contributed by atoms with Gasteiger partial charge in [0.25, 0.3) is 5.91 Å². The molecule has 1 amide bonds. The lowest BCUT2D eigenvalue weighted by Gasteiger charge is -2.21. The van der Waals surface area contributed by atoms with Crippen LogP contribution in [0.5, 0.6) is 11.5 Å². The smallest absolute Gasteiger partial charge is 0.266 e. The van der Waals surface area contributed by atoms with Gasteiger partial charge in [-0.3, -0.25) is 9.69 Å². The van der Waals surface area contributed by atoms with Gasteiger partial charge >= 0.3 is 0 Å². The highest BCUT2D eigenvalue weighted by atomic mass is 35.5. The number of halogens is 1. The molecule has 3 aromatic rings. The number of carbonyl (C=O) groups excluding carboxylic acids is 1. The van der Waals surface area contributed by atoms with Crippen molar-refractivity contribution >= 4 is 45.0 Å². The number of nitrogens with zero attached hydrogens (tertiary/aromatic N) is 3. The Kier molecular flexibility index (Phi) is 9.75. The summed E-state index contributed by atoms with van der Waals surface area (Å²) >= 11 is 1.57. The van der Waals surface area contributed by atoms with E-state index in [1.54, 1.807) is 16.2 Å². The number of fused-ring (bicyclic) bond motifs is 1. The van der Waals surface area contributed by atoms with Crippen LogP contribution in [0.15, 0.2) is 36.4 Å². The summed E-state index contributed by atoms with van der Waals surface area (Å²) in [5.41, 5.74) is 3.30. The molecule has 6 nitrogen and oxygen atoms in total. The summed E-state index contributed by atoms with van der Waals surface area (Å²) in [5, 5.41) is 0.725. The fraction of sp³-hybridized carbons (Fsp3) is 0.417.